The number of imide groups is 1. The van der Waals surface area contributed by atoms with Gasteiger partial charge in [-0.2, -0.15) is 0 Å². The Morgan fingerprint density at radius 2 is 1.82 bits per heavy atom. The number of aliphatic carboxylic acids is 1. The van der Waals surface area contributed by atoms with Crippen LogP contribution in [0.4, 0.5) is 0 Å². The Kier molecular flexibility index (Phi) is 10.2. The molecular formula is C20H31N3O4S. The van der Waals surface area contributed by atoms with Gasteiger partial charge in [0.1, 0.15) is 6.04 Å². The minimum Gasteiger partial charge on any atom is -0.480 e. The molecule has 2 unspecified atom stereocenters. The van der Waals surface area contributed by atoms with Gasteiger partial charge in [-0.25, -0.2) is 4.79 Å². The second kappa shape index (κ2) is 11.8. The summed E-state index contributed by atoms with van der Waals surface area (Å²) in [6.07, 6.45) is 1.72. The standard InChI is InChI=1S/C20H31N3O4S/c1-13(2)11-18(24)23(19(25)15(22)8-5-6-10-21)16(20(26)27)12-14-7-3-4-9-17(14)28/h3-4,7,9,13,15-16,28H,5-6,8,10-12,21-22H2,1-2H3,(H,26,27). The summed E-state index contributed by atoms with van der Waals surface area (Å²) >= 11 is 4.35. The van der Waals surface area contributed by atoms with Crippen LogP contribution < -0.4 is 11.5 Å². The Bertz CT molecular complexity index is 681. The zero-order valence-corrected chi connectivity index (χ0v) is 17.4. The molecule has 1 rings (SSSR count). The fraction of sp³-hybridized carbons (Fsp3) is 0.550. The minimum absolute atomic E-state index is 0.0251. The predicted octanol–water partition coefficient (Wildman–Crippen LogP) is 1.83. The van der Waals surface area contributed by atoms with Gasteiger partial charge in [0, 0.05) is 17.7 Å². The lowest BCUT2D eigenvalue weighted by atomic mass is 10.0. The molecule has 1 aromatic carbocycles. The Morgan fingerprint density at radius 1 is 1.18 bits per heavy atom. The fourth-order valence-corrected chi connectivity index (χ4v) is 3.14. The number of nitrogens with zero attached hydrogens (tertiary/aromatic N) is 1. The summed E-state index contributed by atoms with van der Waals surface area (Å²) in [6, 6.07) is 4.71. The van der Waals surface area contributed by atoms with Crippen molar-refractivity contribution in [1.82, 2.24) is 4.90 Å². The monoisotopic (exact) mass is 409 g/mol. The van der Waals surface area contributed by atoms with E-state index in [9.17, 15) is 19.5 Å². The quantitative estimate of drug-likeness (QED) is 0.326. The first kappa shape index (κ1) is 24.1. The lowest BCUT2D eigenvalue weighted by Gasteiger charge is -2.30. The summed E-state index contributed by atoms with van der Waals surface area (Å²) < 4.78 is 0. The van der Waals surface area contributed by atoms with Crippen molar-refractivity contribution in [2.75, 3.05) is 6.54 Å². The van der Waals surface area contributed by atoms with Crippen LogP contribution in [0.15, 0.2) is 29.2 Å². The molecular weight excluding hydrogens is 378 g/mol. The molecule has 2 amide bonds. The van der Waals surface area contributed by atoms with Crippen LogP contribution in [0.5, 0.6) is 0 Å². The van der Waals surface area contributed by atoms with E-state index in [1.807, 2.05) is 13.8 Å². The average molecular weight is 410 g/mol. The number of nitrogens with two attached hydrogens (primary N) is 2. The van der Waals surface area contributed by atoms with Crippen molar-refractivity contribution in [3.8, 4) is 0 Å². The second-order valence-corrected chi connectivity index (χ2v) is 7.76. The Labute approximate surface area is 171 Å². The Hall–Kier alpha value is -1.90. The largest absolute Gasteiger partial charge is 0.480 e. The van der Waals surface area contributed by atoms with Crippen molar-refractivity contribution in [2.24, 2.45) is 17.4 Å². The number of carbonyl (C=O) groups is 3. The summed E-state index contributed by atoms with van der Waals surface area (Å²) in [5, 5.41) is 9.80. The third kappa shape index (κ3) is 7.26. The molecule has 2 atom stereocenters. The van der Waals surface area contributed by atoms with E-state index in [-0.39, 0.29) is 18.8 Å². The first-order chi connectivity index (χ1) is 13.2. The molecule has 0 aliphatic carbocycles. The molecule has 0 fully saturated rings. The highest BCUT2D eigenvalue weighted by molar-refractivity contribution is 7.80. The van der Waals surface area contributed by atoms with Crippen molar-refractivity contribution in [1.29, 1.82) is 0 Å². The number of thiol groups is 1. The molecule has 7 nitrogen and oxygen atoms in total. The van der Waals surface area contributed by atoms with Gasteiger partial charge < -0.3 is 16.6 Å². The van der Waals surface area contributed by atoms with Gasteiger partial charge in [-0.3, -0.25) is 14.5 Å². The van der Waals surface area contributed by atoms with Gasteiger partial charge in [0.2, 0.25) is 11.8 Å². The molecule has 0 heterocycles. The highest BCUT2D eigenvalue weighted by atomic mass is 32.1. The van der Waals surface area contributed by atoms with Crippen LogP contribution in [-0.4, -0.2) is 46.4 Å². The van der Waals surface area contributed by atoms with Crippen molar-refractivity contribution in [3.05, 3.63) is 29.8 Å². The average Bonchev–Trinajstić information content (AvgIpc) is 2.61. The fourth-order valence-electron chi connectivity index (χ4n) is 2.89. The van der Waals surface area contributed by atoms with Crippen LogP contribution in [0.1, 0.15) is 45.1 Å². The smallest absolute Gasteiger partial charge is 0.327 e. The topological polar surface area (TPSA) is 127 Å². The second-order valence-electron chi connectivity index (χ2n) is 7.28. The van der Waals surface area contributed by atoms with Crippen LogP contribution in [0.2, 0.25) is 0 Å². The molecule has 156 valence electrons. The summed E-state index contributed by atoms with van der Waals surface area (Å²) in [7, 11) is 0. The molecule has 0 bridgehead atoms. The maximum atomic E-state index is 12.9. The van der Waals surface area contributed by atoms with Crippen LogP contribution in [-0.2, 0) is 20.8 Å². The summed E-state index contributed by atoms with van der Waals surface area (Å²) in [5.74, 6) is -2.47. The van der Waals surface area contributed by atoms with E-state index in [0.717, 1.165) is 4.90 Å². The van der Waals surface area contributed by atoms with E-state index in [2.05, 4.69) is 12.6 Å². The third-order valence-electron chi connectivity index (χ3n) is 4.38. The van der Waals surface area contributed by atoms with Crippen LogP contribution in [0.25, 0.3) is 0 Å². The van der Waals surface area contributed by atoms with Gasteiger partial charge in [-0.05, 0) is 36.9 Å². The molecule has 1 aromatic rings. The number of carbonyl (C=O) groups excluding carboxylic acids is 2. The molecule has 0 spiro atoms. The van der Waals surface area contributed by atoms with Gasteiger partial charge >= 0.3 is 5.97 Å². The summed E-state index contributed by atoms with van der Waals surface area (Å²) in [6.45, 7) is 4.15. The molecule has 28 heavy (non-hydrogen) atoms. The first-order valence-electron chi connectivity index (χ1n) is 9.50. The SMILES string of the molecule is CC(C)CC(=O)N(C(=O)C(N)CCCCN)C(Cc1ccccc1S)C(=O)O. The normalized spacial score (nSPS) is 13.2. The highest BCUT2D eigenvalue weighted by Gasteiger charge is 2.37. The Balaban J connectivity index is 3.17. The molecule has 0 aliphatic heterocycles. The van der Waals surface area contributed by atoms with Crippen LogP contribution in [0.3, 0.4) is 0 Å². The van der Waals surface area contributed by atoms with Crippen LogP contribution in [0, 0.1) is 5.92 Å². The van der Waals surface area contributed by atoms with E-state index in [1.165, 1.54) is 0 Å². The van der Waals surface area contributed by atoms with E-state index in [0.29, 0.717) is 36.3 Å². The number of carboxylic acids is 1. The number of benzene rings is 1. The maximum Gasteiger partial charge on any atom is 0.327 e. The maximum absolute atomic E-state index is 12.9. The summed E-state index contributed by atoms with van der Waals surface area (Å²) in [4.78, 5) is 39.2. The van der Waals surface area contributed by atoms with Gasteiger partial charge in [0.25, 0.3) is 0 Å². The van der Waals surface area contributed by atoms with E-state index in [4.69, 9.17) is 11.5 Å². The number of rotatable bonds is 11. The zero-order valence-electron chi connectivity index (χ0n) is 16.5. The molecule has 0 radical (unpaired) electrons. The number of carboxylic acid groups (broad SMARTS) is 1. The van der Waals surface area contributed by atoms with Crippen molar-refractivity contribution in [2.45, 2.75) is 62.9 Å². The minimum atomic E-state index is -1.34. The van der Waals surface area contributed by atoms with Gasteiger partial charge in [0.15, 0.2) is 0 Å². The summed E-state index contributed by atoms with van der Waals surface area (Å²) in [5.41, 5.74) is 12.1. The molecule has 8 heteroatoms. The lowest BCUT2D eigenvalue weighted by molar-refractivity contribution is -0.159. The van der Waals surface area contributed by atoms with Crippen molar-refractivity contribution in [3.63, 3.8) is 0 Å². The number of unbranched alkanes of at least 4 members (excludes halogenated alkanes) is 1. The van der Waals surface area contributed by atoms with E-state index in [1.54, 1.807) is 24.3 Å². The number of hydrogen-bond donors (Lipinski definition) is 4. The molecule has 5 N–H and O–H groups in total. The Morgan fingerprint density at radius 3 is 2.36 bits per heavy atom. The van der Waals surface area contributed by atoms with Gasteiger partial charge in [0.05, 0.1) is 6.04 Å². The lowest BCUT2D eigenvalue weighted by Crippen LogP contribution is -2.55. The predicted molar refractivity (Wildman–Crippen MR) is 111 cm³/mol. The van der Waals surface area contributed by atoms with E-state index < -0.39 is 29.9 Å². The first-order valence-corrected chi connectivity index (χ1v) is 9.95. The third-order valence-corrected chi connectivity index (χ3v) is 4.81. The van der Waals surface area contributed by atoms with Gasteiger partial charge in [-0.1, -0.05) is 38.5 Å². The van der Waals surface area contributed by atoms with Crippen LogP contribution >= 0.6 is 12.6 Å². The molecule has 0 aliphatic rings. The number of amides is 2. The van der Waals surface area contributed by atoms with Crippen molar-refractivity contribution >= 4 is 30.4 Å². The van der Waals surface area contributed by atoms with Gasteiger partial charge in [-0.15, -0.1) is 12.6 Å². The zero-order chi connectivity index (χ0) is 21.3. The van der Waals surface area contributed by atoms with Crippen molar-refractivity contribution < 1.29 is 19.5 Å². The molecule has 0 aromatic heterocycles. The number of hydrogen-bond acceptors (Lipinski definition) is 6. The highest BCUT2D eigenvalue weighted by Crippen LogP contribution is 2.20. The molecule has 0 saturated carbocycles. The van der Waals surface area contributed by atoms with E-state index >= 15 is 0 Å². The molecule has 0 saturated heterocycles.